The Balaban J connectivity index is 3.24. The van der Waals surface area contributed by atoms with Crippen molar-refractivity contribution in [3.63, 3.8) is 0 Å². The minimum atomic E-state index is -2.70. The molecule has 1 rings (SSSR count). The summed E-state index contributed by atoms with van der Waals surface area (Å²) in [6, 6.07) is 4.33. The van der Waals surface area contributed by atoms with E-state index in [1.54, 1.807) is 0 Å². The van der Waals surface area contributed by atoms with Gasteiger partial charge in [0.15, 0.2) is 0 Å². The summed E-state index contributed by atoms with van der Waals surface area (Å²) in [6.45, 7) is 1.22. The molecule has 78 valence electrons. The monoisotopic (exact) mass is 239 g/mol. The minimum Gasteiger partial charge on any atom is -0.317 e. The van der Waals surface area contributed by atoms with Crippen LogP contribution in [0.4, 0.5) is 8.78 Å². The van der Waals surface area contributed by atoms with Gasteiger partial charge in [-0.1, -0.05) is 23.2 Å². The highest BCUT2D eigenvalue weighted by molar-refractivity contribution is 6.33. The van der Waals surface area contributed by atoms with Gasteiger partial charge in [0, 0.05) is 10.0 Å². The highest BCUT2D eigenvalue weighted by Crippen LogP contribution is 2.32. The van der Waals surface area contributed by atoms with Crippen LogP contribution in [0, 0.1) is 0 Å². The minimum absolute atomic E-state index is 0.154. The van der Waals surface area contributed by atoms with Gasteiger partial charge in [-0.2, -0.15) is 0 Å². The lowest BCUT2D eigenvalue weighted by Gasteiger charge is -2.25. The van der Waals surface area contributed by atoms with E-state index < -0.39 is 12.0 Å². The molecule has 0 saturated carbocycles. The number of benzene rings is 1. The Morgan fingerprint density at radius 2 is 1.93 bits per heavy atom. The summed E-state index contributed by atoms with van der Waals surface area (Å²) < 4.78 is 25.2. The fourth-order valence-electron chi connectivity index (χ4n) is 1.03. The maximum absolute atomic E-state index is 12.6. The SMILES string of the molecule is CC(N)(c1cc(Cl)ccc1Cl)C(F)F. The third kappa shape index (κ3) is 2.16. The Morgan fingerprint density at radius 3 is 2.43 bits per heavy atom. The van der Waals surface area contributed by atoms with Crippen molar-refractivity contribution in [3.05, 3.63) is 33.8 Å². The van der Waals surface area contributed by atoms with Gasteiger partial charge in [0.1, 0.15) is 5.54 Å². The molecule has 0 bridgehead atoms. The van der Waals surface area contributed by atoms with Crippen LogP contribution in [0.1, 0.15) is 12.5 Å². The third-order valence-corrected chi connectivity index (χ3v) is 2.53. The van der Waals surface area contributed by atoms with Gasteiger partial charge in [0.2, 0.25) is 0 Å². The largest absolute Gasteiger partial charge is 0.317 e. The van der Waals surface area contributed by atoms with E-state index in [4.69, 9.17) is 28.9 Å². The number of halogens is 4. The lowest BCUT2D eigenvalue weighted by Crippen LogP contribution is -2.40. The van der Waals surface area contributed by atoms with Crippen LogP contribution in [0.2, 0.25) is 10.0 Å². The van der Waals surface area contributed by atoms with Crippen LogP contribution in [0.3, 0.4) is 0 Å². The second kappa shape index (κ2) is 4.01. The van der Waals surface area contributed by atoms with Gasteiger partial charge in [-0.05, 0) is 30.7 Å². The lowest BCUT2D eigenvalue weighted by atomic mass is 9.94. The van der Waals surface area contributed by atoms with Gasteiger partial charge in [-0.3, -0.25) is 0 Å². The van der Waals surface area contributed by atoms with Crippen LogP contribution >= 0.6 is 23.2 Å². The van der Waals surface area contributed by atoms with E-state index in [1.165, 1.54) is 25.1 Å². The van der Waals surface area contributed by atoms with Gasteiger partial charge in [0.25, 0.3) is 6.43 Å². The molecule has 1 atom stereocenters. The normalized spacial score (nSPS) is 15.6. The van der Waals surface area contributed by atoms with Crippen LogP contribution in [-0.4, -0.2) is 6.43 Å². The summed E-state index contributed by atoms with van der Waals surface area (Å²) >= 11 is 11.4. The molecule has 0 aromatic heterocycles. The average molecular weight is 240 g/mol. The first-order valence-electron chi connectivity index (χ1n) is 3.88. The zero-order chi connectivity index (χ0) is 10.9. The Morgan fingerprint density at radius 1 is 1.36 bits per heavy atom. The maximum Gasteiger partial charge on any atom is 0.260 e. The van der Waals surface area contributed by atoms with Crippen LogP contribution in [-0.2, 0) is 5.54 Å². The van der Waals surface area contributed by atoms with Crippen molar-refractivity contribution in [2.45, 2.75) is 18.9 Å². The standard InChI is InChI=1S/C9H9Cl2F2N/c1-9(14,8(12)13)6-4-5(10)2-3-7(6)11/h2-4,8H,14H2,1H3. The second-order valence-electron chi connectivity index (χ2n) is 3.21. The number of hydrogen-bond acceptors (Lipinski definition) is 1. The van der Waals surface area contributed by atoms with Gasteiger partial charge in [-0.15, -0.1) is 0 Å². The number of rotatable bonds is 2. The first-order chi connectivity index (χ1) is 6.35. The van der Waals surface area contributed by atoms with E-state index >= 15 is 0 Å². The smallest absolute Gasteiger partial charge is 0.260 e. The molecule has 5 heteroatoms. The quantitative estimate of drug-likeness (QED) is 0.841. The molecule has 1 nitrogen and oxygen atoms in total. The molecule has 1 unspecified atom stereocenters. The molecular weight excluding hydrogens is 231 g/mol. The van der Waals surface area contributed by atoms with Crippen molar-refractivity contribution in [1.82, 2.24) is 0 Å². The third-order valence-electron chi connectivity index (χ3n) is 1.96. The molecule has 0 aliphatic rings. The molecule has 0 aliphatic carbocycles. The van der Waals surface area contributed by atoms with Crippen molar-refractivity contribution >= 4 is 23.2 Å². The molecule has 0 radical (unpaired) electrons. The van der Waals surface area contributed by atoms with E-state index in [0.717, 1.165) is 0 Å². The maximum atomic E-state index is 12.6. The zero-order valence-electron chi connectivity index (χ0n) is 7.40. The van der Waals surface area contributed by atoms with Gasteiger partial charge in [0.05, 0.1) is 0 Å². The molecule has 0 spiro atoms. The van der Waals surface area contributed by atoms with Crippen LogP contribution in [0.15, 0.2) is 18.2 Å². The molecule has 0 fully saturated rings. The van der Waals surface area contributed by atoms with Crippen LogP contribution in [0.25, 0.3) is 0 Å². The van der Waals surface area contributed by atoms with Gasteiger partial charge in [-0.25, -0.2) is 8.78 Å². The highest BCUT2D eigenvalue weighted by atomic mass is 35.5. The number of hydrogen-bond donors (Lipinski definition) is 1. The van der Waals surface area contributed by atoms with E-state index in [-0.39, 0.29) is 10.6 Å². The molecule has 1 aromatic rings. The van der Waals surface area contributed by atoms with Crippen molar-refractivity contribution in [2.75, 3.05) is 0 Å². The molecule has 0 aliphatic heterocycles. The Bertz CT molecular complexity index is 340. The second-order valence-corrected chi connectivity index (χ2v) is 4.05. The van der Waals surface area contributed by atoms with Crippen molar-refractivity contribution in [2.24, 2.45) is 5.73 Å². The van der Waals surface area contributed by atoms with Crippen LogP contribution in [0.5, 0.6) is 0 Å². The van der Waals surface area contributed by atoms with Crippen molar-refractivity contribution < 1.29 is 8.78 Å². The van der Waals surface area contributed by atoms with Crippen molar-refractivity contribution in [1.29, 1.82) is 0 Å². The fourth-order valence-corrected chi connectivity index (χ4v) is 1.52. The number of nitrogens with two attached hydrogens (primary N) is 1. The molecular formula is C9H9Cl2F2N. The molecule has 0 amide bonds. The summed E-state index contributed by atoms with van der Waals surface area (Å²) in [5.41, 5.74) is 3.84. The van der Waals surface area contributed by atoms with E-state index in [2.05, 4.69) is 0 Å². The molecule has 1 aromatic carbocycles. The molecule has 0 saturated heterocycles. The van der Waals surface area contributed by atoms with E-state index in [1.807, 2.05) is 0 Å². The Hall–Kier alpha value is -0.380. The van der Waals surface area contributed by atoms with E-state index in [9.17, 15) is 8.78 Å². The predicted octanol–water partition coefficient (Wildman–Crippen LogP) is 3.43. The van der Waals surface area contributed by atoms with Crippen molar-refractivity contribution in [3.8, 4) is 0 Å². The van der Waals surface area contributed by atoms with E-state index in [0.29, 0.717) is 5.02 Å². The predicted molar refractivity (Wildman–Crippen MR) is 54.0 cm³/mol. The highest BCUT2D eigenvalue weighted by Gasteiger charge is 2.34. The summed E-state index contributed by atoms with van der Waals surface area (Å²) in [5, 5.41) is 0.529. The Labute approximate surface area is 90.8 Å². The summed E-state index contributed by atoms with van der Waals surface area (Å²) in [7, 11) is 0. The molecule has 0 heterocycles. The Kier molecular flexibility index (Phi) is 3.35. The fraction of sp³-hybridized carbons (Fsp3) is 0.333. The zero-order valence-corrected chi connectivity index (χ0v) is 8.91. The first-order valence-corrected chi connectivity index (χ1v) is 4.64. The van der Waals surface area contributed by atoms with Gasteiger partial charge < -0.3 is 5.73 Å². The lowest BCUT2D eigenvalue weighted by molar-refractivity contribution is 0.0626. The molecule has 2 N–H and O–H groups in total. The summed E-state index contributed by atoms with van der Waals surface area (Å²) in [5.74, 6) is 0. The molecule has 14 heavy (non-hydrogen) atoms. The number of alkyl halides is 2. The average Bonchev–Trinajstić information content (AvgIpc) is 2.08. The summed E-state index contributed by atoms with van der Waals surface area (Å²) in [6.07, 6.45) is -2.70. The topological polar surface area (TPSA) is 26.0 Å². The van der Waals surface area contributed by atoms with Crippen LogP contribution < -0.4 is 5.73 Å². The van der Waals surface area contributed by atoms with Gasteiger partial charge >= 0.3 is 0 Å². The first kappa shape index (κ1) is 11.7. The summed E-state index contributed by atoms with van der Waals surface area (Å²) in [4.78, 5) is 0.